The van der Waals surface area contributed by atoms with Crippen molar-refractivity contribution in [1.29, 1.82) is 0 Å². The highest BCUT2D eigenvalue weighted by Gasteiger charge is 2.45. The van der Waals surface area contributed by atoms with Crippen molar-refractivity contribution in [2.24, 2.45) is 0 Å². The van der Waals surface area contributed by atoms with Gasteiger partial charge in [0.05, 0.1) is 155 Å². The Bertz CT molecular complexity index is 1670. The predicted octanol–water partition coefficient (Wildman–Crippen LogP) is 1.14. The molecule has 4 N–H and O–H groups in total. The number of fused-ring (bicyclic) bond motifs is 1. The van der Waals surface area contributed by atoms with Gasteiger partial charge in [0.25, 0.3) is 11.8 Å². The average molecular weight is 985 g/mol. The highest BCUT2D eigenvalue weighted by molar-refractivity contribution is 6.26. The maximum absolute atomic E-state index is 13.2. The minimum atomic E-state index is -1.08. The number of ether oxygens (including phenoxy) is 11. The van der Waals surface area contributed by atoms with Gasteiger partial charge in [-0.1, -0.05) is 12.5 Å². The molecule has 1 aromatic carbocycles. The summed E-state index contributed by atoms with van der Waals surface area (Å²) < 4.78 is 60.4. The van der Waals surface area contributed by atoms with Crippen LogP contribution in [-0.2, 0) is 76.1 Å². The monoisotopic (exact) mass is 984 g/mol. The van der Waals surface area contributed by atoms with Gasteiger partial charge in [0.1, 0.15) is 6.04 Å². The van der Waals surface area contributed by atoms with E-state index in [1.54, 1.807) is 12.1 Å². The van der Waals surface area contributed by atoms with Gasteiger partial charge in [-0.2, -0.15) is 0 Å². The first-order valence-electron chi connectivity index (χ1n) is 23.7. The SMILES string of the molecule is O=C(O)CCC(=O)NCCCOCCOCCOCCOCCOCCOCCOCCOCCOCCOCCOCCCCCC(=O)Nc1cccc2c1C(=O)N(C1CCC(=O)NC1=O)C2=O. The van der Waals surface area contributed by atoms with Crippen LogP contribution in [0.1, 0.15) is 78.5 Å². The molecule has 69 heavy (non-hydrogen) atoms. The average Bonchev–Trinajstić information content (AvgIpc) is 3.58. The fraction of sp³-hybridized carbons (Fsp3) is 0.717. The molecule has 0 aromatic heterocycles. The molecule has 23 nitrogen and oxygen atoms in total. The van der Waals surface area contributed by atoms with Crippen LogP contribution in [0.3, 0.4) is 0 Å². The second-order valence-corrected chi connectivity index (χ2v) is 15.4. The Balaban J connectivity index is 0.957. The Morgan fingerprint density at radius 1 is 0.536 bits per heavy atom. The van der Waals surface area contributed by atoms with Crippen LogP contribution in [0.4, 0.5) is 5.69 Å². The molecule has 0 radical (unpaired) electrons. The molecule has 1 aromatic rings. The fourth-order valence-corrected chi connectivity index (χ4v) is 6.51. The smallest absolute Gasteiger partial charge is 0.303 e. The summed E-state index contributed by atoms with van der Waals surface area (Å²) in [5.41, 5.74) is 0.362. The van der Waals surface area contributed by atoms with Gasteiger partial charge in [-0.25, -0.2) is 0 Å². The van der Waals surface area contributed by atoms with Crippen molar-refractivity contribution < 1.29 is 90.8 Å². The van der Waals surface area contributed by atoms with Gasteiger partial charge in [0.2, 0.25) is 23.6 Å². The van der Waals surface area contributed by atoms with E-state index in [1.807, 2.05) is 0 Å². The number of nitrogens with zero attached hydrogens (tertiary/aromatic N) is 1. The first-order chi connectivity index (χ1) is 33.7. The minimum Gasteiger partial charge on any atom is -0.481 e. The number of rotatable bonds is 45. The van der Waals surface area contributed by atoms with Crippen molar-refractivity contribution >= 4 is 47.1 Å². The van der Waals surface area contributed by atoms with E-state index in [4.69, 9.17) is 57.2 Å². The number of carbonyl (C=O) groups excluding carboxylic acids is 6. The maximum Gasteiger partial charge on any atom is 0.303 e. The first-order valence-corrected chi connectivity index (χ1v) is 23.7. The van der Waals surface area contributed by atoms with Crippen molar-refractivity contribution in [3.63, 3.8) is 0 Å². The number of hydrogen-bond acceptors (Lipinski definition) is 18. The quantitative estimate of drug-likeness (QED) is 0.0527. The maximum atomic E-state index is 13.2. The number of unbranched alkanes of at least 4 members (excludes halogenated alkanes) is 2. The lowest BCUT2D eigenvalue weighted by atomic mass is 10.0. The lowest BCUT2D eigenvalue weighted by molar-refractivity contribution is -0.139. The Labute approximate surface area is 403 Å². The normalized spacial score (nSPS) is 14.6. The molecule has 2 aliphatic heterocycles. The summed E-state index contributed by atoms with van der Waals surface area (Å²) in [5, 5.41) is 16.1. The van der Waals surface area contributed by atoms with Crippen LogP contribution >= 0.6 is 0 Å². The first kappa shape index (κ1) is 58.8. The Kier molecular flexibility index (Phi) is 32.6. The van der Waals surface area contributed by atoms with Crippen LogP contribution in [-0.4, -0.2) is 209 Å². The molecule has 1 atom stereocenters. The van der Waals surface area contributed by atoms with Gasteiger partial charge >= 0.3 is 5.97 Å². The predicted molar refractivity (Wildman–Crippen MR) is 244 cm³/mol. The molecule has 2 heterocycles. The van der Waals surface area contributed by atoms with Crippen LogP contribution in [0.25, 0.3) is 0 Å². The summed E-state index contributed by atoms with van der Waals surface area (Å²) in [4.78, 5) is 85.5. The Morgan fingerprint density at radius 2 is 0.986 bits per heavy atom. The van der Waals surface area contributed by atoms with E-state index >= 15 is 0 Å². The molecular weight excluding hydrogens is 913 g/mol. The number of benzene rings is 1. The van der Waals surface area contributed by atoms with E-state index in [9.17, 15) is 33.6 Å². The zero-order valence-corrected chi connectivity index (χ0v) is 39.7. The van der Waals surface area contributed by atoms with E-state index in [-0.39, 0.29) is 60.7 Å². The van der Waals surface area contributed by atoms with Gasteiger partial charge in [-0.3, -0.25) is 43.8 Å². The summed E-state index contributed by atoms with van der Waals surface area (Å²) in [6, 6.07) is 3.51. The molecule has 1 unspecified atom stereocenters. The highest BCUT2D eigenvalue weighted by atomic mass is 16.6. The van der Waals surface area contributed by atoms with Gasteiger partial charge < -0.3 is 67.8 Å². The molecule has 390 valence electrons. The summed E-state index contributed by atoms with van der Waals surface area (Å²) in [6.07, 6.45) is 2.84. The van der Waals surface area contributed by atoms with E-state index < -0.39 is 35.6 Å². The van der Waals surface area contributed by atoms with Crippen molar-refractivity contribution in [1.82, 2.24) is 15.5 Å². The third-order valence-electron chi connectivity index (χ3n) is 10.0. The van der Waals surface area contributed by atoms with Crippen molar-refractivity contribution in [3.05, 3.63) is 29.3 Å². The number of amides is 6. The molecule has 3 rings (SSSR count). The van der Waals surface area contributed by atoms with Gasteiger partial charge in [-0.15, -0.1) is 0 Å². The number of aliphatic carboxylic acids is 1. The minimum absolute atomic E-state index is 0.0220. The van der Waals surface area contributed by atoms with Gasteiger partial charge in [0.15, 0.2) is 0 Å². The second kappa shape index (κ2) is 38.3. The summed E-state index contributed by atoms with van der Waals surface area (Å²) >= 11 is 0. The number of carboxylic acid groups (broad SMARTS) is 1. The third-order valence-corrected chi connectivity index (χ3v) is 10.0. The lowest BCUT2D eigenvalue weighted by Gasteiger charge is -2.27. The molecular formula is C46H72N4O19. The van der Waals surface area contributed by atoms with Crippen molar-refractivity contribution in [3.8, 4) is 0 Å². The van der Waals surface area contributed by atoms with Crippen LogP contribution in [0.5, 0.6) is 0 Å². The molecule has 0 aliphatic carbocycles. The van der Waals surface area contributed by atoms with Crippen LogP contribution in [0, 0.1) is 0 Å². The molecule has 1 fully saturated rings. The van der Waals surface area contributed by atoms with Gasteiger partial charge in [0, 0.05) is 39.0 Å². The number of carbonyl (C=O) groups is 7. The van der Waals surface area contributed by atoms with E-state index in [2.05, 4.69) is 16.0 Å². The van der Waals surface area contributed by atoms with E-state index in [0.717, 1.165) is 17.7 Å². The Hall–Kier alpha value is -4.53. The summed E-state index contributed by atoms with van der Waals surface area (Å²) in [7, 11) is 0. The Morgan fingerprint density at radius 3 is 1.43 bits per heavy atom. The third kappa shape index (κ3) is 26.9. The molecule has 1 saturated heterocycles. The molecule has 0 saturated carbocycles. The highest BCUT2D eigenvalue weighted by Crippen LogP contribution is 2.32. The largest absolute Gasteiger partial charge is 0.481 e. The van der Waals surface area contributed by atoms with Crippen molar-refractivity contribution in [2.75, 3.05) is 157 Å². The zero-order chi connectivity index (χ0) is 49.6. The lowest BCUT2D eigenvalue weighted by Crippen LogP contribution is -2.54. The zero-order valence-electron chi connectivity index (χ0n) is 39.7. The number of anilines is 1. The number of nitrogens with one attached hydrogen (secondary N) is 3. The number of hydrogen-bond donors (Lipinski definition) is 4. The van der Waals surface area contributed by atoms with Gasteiger partial charge in [-0.05, 0) is 37.8 Å². The van der Waals surface area contributed by atoms with E-state index in [0.29, 0.717) is 165 Å². The number of carboxylic acids is 1. The van der Waals surface area contributed by atoms with Crippen LogP contribution in [0.15, 0.2) is 18.2 Å². The second-order valence-electron chi connectivity index (χ2n) is 15.4. The molecule has 2 aliphatic rings. The van der Waals surface area contributed by atoms with Crippen LogP contribution in [0.2, 0.25) is 0 Å². The van der Waals surface area contributed by atoms with E-state index in [1.165, 1.54) is 6.07 Å². The number of piperidine rings is 1. The van der Waals surface area contributed by atoms with Crippen molar-refractivity contribution in [2.45, 2.75) is 63.8 Å². The molecule has 0 bridgehead atoms. The fourth-order valence-electron chi connectivity index (χ4n) is 6.51. The molecule has 0 spiro atoms. The molecule has 6 amide bonds. The summed E-state index contributed by atoms with van der Waals surface area (Å²) in [5.74, 6) is -4.02. The number of imide groups is 2. The summed E-state index contributed by atoms with van der Waals surface area (Å²) in [6.45, 7) is 10.4. The molecule has 23 heteroatoms. The topological polar surface area (TPSA) is 281 Å². The standard InChI is InChI=1S/C46H72N4O19/c51-39(11-12-42(54)55)47-13-5-15-60-17-19-62-21-23-64-25-27-66-29-31-68-33-35-69-34-32-67-30-28-65-26-24-63-22-20-61-18-16-59-14-3-1-2-8-40(52)48-37-7-4-6-36-43(37)46(58)50(45(36)57)38-9-10-41(53)49-44(38)56/h4,6-7,38H,1-3,5,8-35H2,(H,47,51)(H,48,52)(H,54,55)(H,49,53,56). The van der Waals surface area contributed by atoms with Crippen LogP contribution < -0.4 is 16.0 Å².